The summed E-state index contributed by atoms with van der Waals surface area (Å²) in [6.45, 7) is 1.74. The minimum atomic E-state index is -3.10. The van der Waals surface area contributed by atoms with Crippen molar-refractivity contribution in [2.75, 3.05) is 28.3 Å². The molecule has 2 heterocycles. The van der Waals surface area contributed by atoms with Crippen molar-refractivity contribution in [1.82, 2.24) is 4.98 Å². The molecule has 3 aromatic rings. The molecule has 1 N–H and O–H groups in total. The highest BCUT2D eigenvalue weighted by molar-refractivity contribution is 9.10. The van der Waals surface area contributed by atoms with E-state index >= 15 is 0 Å². The van der Waals surface area contributed by atoms with E-state index in [-0.39, 0.29) is 42.7 Å². The van der Waals surface area contributed by atoms with Crippen LogP contribution in [-0.4, -0.2) is 43.3 Å². The first-order valence-corrected chi connectivity index (χ1v) is 13.4. The Kier molecular flexibility index (Phi) is 7.18. The summed E-state index contributed by atoms with van der Waals surface area (Å²) in [5, 5.41) is 2.83. The number of halogens is 1. The van der Waals surface area contributed by atoms with Gasteiger partial charge in [-0.05, 0) is 49.6 Å². The lowest BCUT2D eigenvalue weighted by molar-refractivity contribution is -0.124. The van der Waals surface area contributed by atoms with E-state index in [9.17, 15) is 18.0 Å². The van der Waals surface area contributed by atoms with Gasteiger partial charge in [-0.3, -0.25) is 9.59 Å². The van der Waals surface area contributed by atoms with Gasteiger partial charge in [0.2, 0.25) is 11.8 Å². The lowest BCUT2D eigenvalue weighted by Gasteiger charge is -2.29. The van der Waals surface area contributed by atoms with Crippen LogP contribution in [0.25, 0.3) is 11.3 Å². The number of carbonyl (C=O) groups excluding carboxylic acids is 2. The number of nitrogens with zero attached hydrogens (tertiary/aromatic N) is 2. The topological polar surface area (TPSA) is 110 Å². The first kappa shape index (κ1) is 24.2. The Morgan fingerprint density at radius 2 is 1.85 bits per heavy atom. The molecule has 0 atom stereocenters. The maximum absolute atomic E-state index is 13.4. The number of hydrogen-bond acceptors (Lipinski definition) is 6. The summed E-state index contributed by atoms with van der Waals surface area (Å²) in [5.74, 6) is -1.08. The van der Waals surface area contributed by atoms with Gasteiger partial charge in [-0.1, -0.05) is 34.1 Å². The number of hydrogen-bond donors (Lipinski definition) is 1. The Bertz CT molecular complexity index is 1280. The molecule has 1 fully saturated rings. The zero-order valence-corrected chi connectivity index (χ0v) is 20.9. The molecular weight excluding hydrogens is 522 g/mol. The molecule has 1 saturated heterocycles. The van der Waals surface area contributed by atoms with Crippen LogP contribution in [0.15, 0.2) is 64.0 Å². The summed E-state index contributed by atoms with van der Waals surface area (Å²) in [6.07, 6.45) is 3.40. The van der Waals surface area contributed by atoms with Gasteiger partial charge in [0.15, 0.2) is 6.39 Å². The van der Waals surface area contributed by atoms with E-state index in [1.54, 1.807) is 24.3 Å². The highest BCUT2D eigenvalue weighted by atomic mass is 79.9. The molecule has 1 aliphatic heterocycles. The third kappa shape index (κ3) is 5.74. The summed E-state index contributed by atoms with van der Waals surface area (Å²) in [6, 6.07) is 12.6. The number of rotatable bonds is 6. The monoisotopic (exact) mass is 545 g/mol. The lowest BCUT2D eigenvalue weighted by Crippen LogP contribution is -2.43. The number of aryl methyl sites for hydroxylation is 1. The largest absolute Gasteiger partial charge is 0.451 e. The fourth-order valence-electron chi connectivity index (χ4n) is 3.83. The molecule has 0 unspecified atom stereocenters. The van der Waals surface area contributed by atoms with Crippen LogP contribution in [0, 0.1) is 12.8 Å². The average molecular weight is 546 g/mol. The van der Waals surface area contributed by atoms with Gasteiger partial charge < -0.3 is 14.6 Å². The Morgan fingerprint density at radius 1 is 1.15 bits per heavy atom. The quantitative estimate of drug-likeness (QED) is 0.496. The molecule has 0 radical (unpaired) electrons. The first-order chi connectivity index (χ1) is 16.2. The molecule has 0 aliphatic carbocycles. The molecule has 1 aromatic heterocycles. The zero-order valence-electron chi connectivity index (χ0n) is 18.5. The van der Waals surface area contributed by atoms with Crippen LogP contribution in [0.1, 0.15) is 18.4 Å². The van der Waals surface area contributed by atoms with Crippen molar-refractivity contribution in [2.45, 2.75) is 19.8 Å². The second-order valence-corrected chi connectivity index (χ2v) is 11.4. The van der Waals surface area contributed by atoms with Crippen LogP contribution >= 0.6 is 15.9 Å². The fourth-order valence-corrected chi connectivity index (χ4v) is 5.69. The van der Waals surface area contributed by atoms with Crippen molar-refractivity contribution < 1.29 is 22.4 Å². The standard InChI is InChI=1S/C24H24BrN3O5S/c1-16-2-7-20(12-21(16)25)28(24(30)18-8-10-34(31,32)11-9-18)13-23(29)27-19-5-3-17(4-6-19)22-14-33-15-26-22/h2-7,12,14-15,18H,8-11,13H2,1H3,(H,27,29). The summed E-state index contributed by atoms with van der Waals surface area (Å²) in [7, 11) is -3.10. The molecule has 2 amide bonds. The van der Waals surface area contributed by atoms with Gasteiger partial charge in [-0.2, -0.15) is 0 Å². The summed E-state index contributed by atoms with van der Waals surface area (Å²) < 4.78 is 29.4. The van der Waals surface area contributed by atoms with Gasteiger partial charge in [0.05, 0.1) is 11.5 Å². The third-order valence-corrected chi connectivity index (χ3v) is 8.41. The number of oxazole rings is 1. The smallest absolute Gasteiger partial charge is 0.244 e. The van der Waals surface area contributed by atoms with Crippen LogP contribution in [-0.2, 0) is 19.4 Å². The van der Waals surface area contributed by atoms with Crippen LogP contribution in [0.3, 0.4) is 0 Å². The third-order valence-electron chi connectivity index (χ3n) is 5.84. The summed E-state index contributed by atoms with van der Waals surface area (Å²) in [4.78, 5) is 31.8. The van der Waals surface area contributed by atoms with E-state index in [2.05, 4.69) is 26.2 Å². The second-order valence-electron chi connectivity index (χ2n) is 8.28. The molecule has 2 aromatic carbocycles. The summed E-state index contributed by atoms with van der Waals surface area (Å²) >= 11 is 3.49. The SMILES string of the molecule is Cc1ccc(N(CC(=O)Nc2ccc(-c3cocn3)cc2)C(=O)C2CCS(=O)(=O)CC2)cc1Br. The molecule has 1 aliphatic rings. The van der Waals surface area contributed by atoms with Crippen LogP contribution in [0.4, 0.5) is 11.4 Å². The first-order valence-electron chi connectivity index (χ1n) is 10.8. The van der Waals surface area contributed by atoms with E-state index in [0.29, 0.717) is 17.1 Å². The van der Waals surface area contributed by atoms with Gasteiger partial charge in [-0.25, -0.2) is 13.4 Å². The van der Waals surface area contributed by atoms with E-state index in [1.807, 2.05) is 25.1 Å². The predicted octanol–water partition coefficient (Wildman–Crippen LogP) is 4.21. The van der Waals surface area contributed by atoms with Crippen molar-refractivity contribution in [2.24, 2.45) is 5.92 Å². The Morgan fingerprint density at radius 3 is 2.47 bits per heavy atom. The molecule has 178 valence electrons. The number of benzene rings is 2. The van der Waals surface area contributed by atoms with E-state index in [4.69, 9.17) is 4.42 Å². The van der Waals surface area contributed by atoms with Crippen LogP contribution < -0.4 is 10.2 Å². The van der Waals surface area contributed by atoms with Crippen molar-refractivity contribution in [1.29, 1.82) is 0 Å². The molecule has 34 heavy (non-hydrogen) atoms. The Balaban J connectivity index is 1.51. The van der Waals surface area contributed by atoms with Crippen molar-refractivity contribution >= 4 is 49.0 Å². The molecule has 8 nitrogen and oxygen atoms in total. The maximum Gasteiger partial charge on any atom is 0.244 e. The van der Waals surface area contributed by atoms with Gasteiger partial charge in [-0.15, -0.1) is 0 Å². The predicted molar refractivity (Wildman–Crippen MR) is 133 cm³/mol. The molecule has 0 saturated carbocycles. The van der Waals surface area contributed by atoms with E-state index in [0.717, 1.165) is 15.6 Å². The Hall–Kier alpha value is -2.98. The lowest BCUT2D eigenvalue weighted by atomic mass is 10.0. The maximum atomic E-state index is 13.4. The average Bonchev–Trinajstić information content (AvgIpc) is 3.34. The van der Waals surface area contributed by atoms with Gasteiger partial charge >= 0.3 is 0 Å². The summed E-state index contributed by atoms with van der Waals surface area (Å²) in [5.41, 5.74) is 3.69. The number of amides is 2. The van der Waals surface area contributed by atoms with Gasteiger partial charge in [0, 0.05) is 27.3 Å². The van der Waals surface area contributed by atoms with Crippen molar-refractivity contribution in [3.05, 3.63) is 65.2 Å². The van der Waals surface area contributed by atoms with Crippen molar-refractivity contribution in [3.8, 4) is 11.3 Å². The zero-order chi connectivity index (χ0) is 24.3. The molecular formula is C24H24BrN3O5S. The molecule has 0 bridgehead atoms. The minimum Gasteiger partial charge on any atom is -0.451 e. The normalized spacial score (nSPS) is 15.6. The number of aromatic nitrogens is 1. The highest BCUT2D eigenvalue weighted by Crippen LogP contribution is 2.28. The van der Waals surface area contributed by atoms with E-state index < -0.39 is 15.8 Å². The molecule has 4 rings (SSSR count). The second kappa shape index (κ2) is 10.1. The number of anilines is 2. The van der Waals surface area contributed by atoms with Gasteiger partial charge in [0.1, 0.15) is 28.3 Å². The molecule has 10 heteroatoms. The van der Waals surface area contributed by atoms with Crippen molar-refractivity contribution in [3.63, 3.8) is 0 Å². The molecule has 0 spiro atoms. The Labute approximate surface area is 206 Å². The van der Waals surface area contributed by atoms with Crippen LogP contribution in [0.2, 0.25) is 0 Å². The number of nitrogens with one attached hydrogen (secondary N) is 1. The highest BCUT2D eigenvalue weighted by Gasteiger charge is 2.33. The van der Waals surface area contributed by atoms with Crippen LogP contribution in [0.5, 0.6) is 0 Å². The number of sulfone groups is 1. The minimum absolute atomic E-state index is 0.0150. The van der Waals surface area contributed by atoms with Gasteiger partial charge in [0.25, 0.3) is 0 Å². The number of carbonyl (C=O) groups is 2. The fraction of sp³-hybridized carbons (Fsp3) is 0.292. The van der Waals surface area contributed by atoms with E-state index in [1.165, 1.54) is 17.6 Å².